The zero-order valence-electron chi connectivity index (χ0n) is 7.49. The third-order valence-electron chi connectivity index (χ3n) is 1.68. The van der Waals surface area contributed by atoms with E-state index in [0.717, 1.165) is 13.3 Å². The molecule has 6 nitrogen and oxygen atoms in total. The van der Waals surface area contributed by atoms with Gasteiger partial charge in [-0.05, 0) is 4.92 Å². The summed E-state index contributed by atoms with van der Waals surface area (Å²) in [6.45, 7) is 0. The van der Waals surface area contributed by atoms with Crippen molar-refractivity contribution in [1.82, 2.24) is 4.98 Å². The quantitative estimate of drug-likeness (QED) is 0.613. The van der Waals surface area contributed by atoms with Crippen LogP contribution in [0.4, 0.5) is 14.6 Å². The summed E-state index contributed by atoms with van der Waals surface area (Å²) in [7, 11) is 1.10. The summed E-state index contributed by atoms with van der Waals surface area (Å²) >= 11 is 0. The minimum absolute atomic E-state index is 0.393. The van der Waals surface area contributed by atoms with Crippen LogP contribution in [0.15, 0.2) is 11.0 Å². The van der Waals surface area contributed by atoms with Crippen LogP contribution in [-0.4, -0.2) is 17.0 Å². The maximum Gasteiger partial charge on any atom is 0.333 e. The number of aromatic nitrogens is 1. The van der Waals surface area contributed by atoms with Gasteiger partial charge in [-0.25, -0.2) is 13.8 Å². The number of nitro groups is 1. The Morgan fingerprint density at radius 2 is 2.20 bits per heavy atom. The van der Waals surface area contributed by atoms with Crippen molar-refractivity contribution in [3.05, 3.63) is 32.1 Å². The van der Waals surface area contributed by atoms with Crippen LogP contribution in [0, 0.1) is 10.1 Å². The number of hydrogen-bond donors (Lipinski definition) is 1. The van der Waals surface area contributed by atoms with Gasteiger partial charge in [-0.3, -0.25) is 4.79 Å². The van der Waals surface area contributed by atoms with Gasteiger partial charge in [0.2, 0.25) is 11.2 Å². The van der Waals surface area contributed by atoms with Gasteiger partial charge in [0, 0.05) is 0 Å². The SMILES string of the molecule is COc1c[nH]c([N+](=O)[O-])c(C(F)F)c1=O. The molecule has 0 aromatic carbocycles. The Balaban J connectivity index is 3.52. The lowest BCUT2D eigenvalue weighted by atomic mass is 10.2. The van der Waals surface area contributed by atoms with E-state index in [9.17, 15) is 23.7 Å². The summed E-state index contributed by atoms with van der Waals surface area (Å²) in [5, 5.41) is 10.3. The zero-order chi connectivity index (χ0) is 11.6. The topological polar surface area (TPSA) is 85.2 Å². The van der Waals surface area contributed by atoms with Crippen LogP contribution in [0.25, 0.3) is 0 Å². The number of H-pyrrole nitrogens is 1. The second-order valence-electron chi connectivity index (χ2n) is 2.51. The smallest absolute Gasteiger partial charge is 0.333 e. The molecule has 8 heteroatoms. The summed E-state index contributed by atoms with van der Waals surface area (Å²) in [5.74, 6) is -1.41. The third-order valence-corrected chi connectivity index (χ3v) is 1.68. The van der Waals surface area contributed by atoms with Crippen LogP contribution in [0.3, 0.4) is 0 Å². The molecular weight excluding hydrogens is 214 g/mol. The van der Waals surface area contributed by atoms with Gasteiger partial charge < -0.3 is 14.9 Å². The van der Waals surface area contributed by atoms with E-state index in [1.54, 1.807) is 0 Å². The number of halogens is 2. The second-order valence-corrected chi connectivity index (χ2v) is 2.51. The van der Waals surface area contributed by atoms with Crippen LogP contribution < -0.4 is 10.2 Å². The van der Waals surface area contributed by atoms with Gasteiger partial charge in [0.25, 0.3) is 6.43 Å². The third kappa shape index (κ3) is 1.92. The van der Waals surface area contributed by atoms with E-state index in [2.05, 4.69) is 4.74 Å². The molecule has 0 bridgehead atoms. The Kier molecular flexibility index (Phi) is 2.98. The Hall–Kier alpha value is -1.99. The van der Waals surface area contributed by atoms with Gasteiger partial charge in [0.15, 0.2) is 5.56 Å². The number of alkyl halides is 2. The fraction of sp³-hybridized carbons (Fsp3) is 0.286. The maximum atomic E-state index is 12.4. The zero-order valence-corrected chi connectivity index (χ0v) is 7.49. The van der Waals surface area contributed by atoms with E-state index in [1.807, 2.05) is 4.98 Å². The number of pyridine rings is 1. The summed E-state index contributed by atoms with van der Waals surface area (Å²) < 4.78 is 29.2. The largest absolute Gasteiger partial charge is 0.490 e. The number of hydrogen-bond acceptors (Lipinski definition) is 4. The number of nitrogens with one attached hydrogen (secondary N) is 1. The highest BCUT2D eigenvalue weighted by Crippen LogP contribution is 2.25. The lowest BCUT2D eigenvalue weighted by Crippen LogP contribution is -2.15. The summed E-state index contributed by atoms with van der Waals surface area (Å²) in [6.07, 6.45) is -2.36. The lowest BCUT2D eigenvalue weighted by molar-refractivity contribution is -0.391. The van der Waals surface area contributed by atoms with Gasteiger partial charge in [0.05, 0.1) is 7.11 Å². The molecule has 0 amide bonds. The van der Waals surface area contributed by atoms with E-state index in [4.69, 9.17) is 0 Å². The molecule has 15 heavy (non-hydrogen) atoms. The van der Waals surface area contributed by atoms with E-state index in [0.29, 0.717) is 0 Å². The molecule has 0 radical (unpaired) electrons. The first-order chi connectivity index (χ1) is 6.99. The molecule has 0 aliphatic carbocycles. The van der Waals surface area contributed by atoms with E-state index >= 15 is 0 Å². The first-order valence-corrected chi connectivity index (χ1v) is 3.71. The van der Waals surface area contributed by atoms with E-state index in [-0.39, 0.29) is 0 Å². The van der Waals surface area contributed by atoms with Crippen LogP contribution in [0.5, 0.6) is 5.75 Å². The van der Waals surface area contributed by atoms with Crippen LogP contribution in [0.1, 0.15) is 12.0 Å². The molecule has 0 fully saturated rings. The molecule has 82 valence electrons. The fourth-order valence-corrected chi connectivity index (χ4v) is 1.02. The molecule has 0 saturated heterocycles. The summed E-state index contributed by atoms with van der Waals surface area (Å²) in [4.78, 5) is 22.5. The first-order valence-electron chi connectivity index (χ1n) is 3.71. The highest BCUT2D eigenvalue weighted by molar-refractivity contribution is 5.38. The molecule has 0 atom stereocenters. The van der Waals surface area contributed by atoms with Gasteiger partial charge in [-0.15, -0.1) is 0 Å². The van der Waals surface area contributed by atoms with Crippen molar-refractivity contribution < 1.29 is 18.4 Å². The molecule has 0 saturated carbocycles. The van der Waals surface area contributed by atoms with E-state index < -0.39 is 33.9 Å². The van der Waals surface area contributed by atoms with Gasteiger partial charge in [-0.2, -0.15) is 0 Å². The predicted octanol–water partition coefficient (Wildman–Crippen LogP) is 1.23. The van der Waals surface area contributed by atoms with Crippen molar-refractivity contribution in [2.75, 3.05) is 7.11 Å². The van der Waals surface area contributed by atoms with Gasteiger partial charge >= 0.3 is 5.82 Å². The molecule has 1 heterocycles. The van der Waals surface area contributed by atoms with Crippen LogP contribution in [0.2, 0.25) is 0 Å². The van der Waals surface area contributed by atoms with Crippen molar-refractivity contribution in [2.24, 2.45) is 0 Å². The molecule has 0 spiro atoms. The second kappa shape index (κ2) is 4.03. The Labute approximate surface area is 81.6 Å². The van der Waals surface area contributed by atoms with Crippen LogP contribution in [-0.2, 0) is 0 Å². The number of rotatable bonds is 3. The minimum atomic E-state index is -3.23. The number of nitrogens with zero attached hydrogens (tertiary/aromatic N) is 1. The lowest BCUT2D eigenvalue weighted by Gasteiger charge is -2.03. The number of aromatic amines is 1. The standard InChI is InChI=1S/C7H6F2N2O4/c1-15-3-2-10-7(11(13)14)4(5(3)12)6(8)9/h2,6H,1H3,(H,10,12). The number of ether oxygens (including phenoxy) is 1. The molecule has 0 aliphatic rings. The van der Waals surface area contributed by atoms with E-state index in [1.165, 1.54) is 0 Å². The van der Waals surface area contributed by atoms with Crippen molar-refractivity contribution in [2.45, 2.75) is 6.43 Å². The Morgan fingerprint density at radius 1 is 1.60 bits per heavy atom. The molecule has 1 rings (SSSR count). The molecule has 0 unspecified atom stereocenters. The molecular formula is C7H6F2N2O4. The monoisotopic (exact) mass is 220 g/mol. The van der Waals surface area contributed by atoms with Crippen LogP contribution >= 0.6 is 0 Å². The minimum Gasteiger partial charge on any atom is -0.490 e. The van der Waals surface area contributed by atoms with Crippen molar-refractivity contribution in [1.29, 1.82) is 0 Å². The fourth-order valence-electron chi connectivity index (χ4n) is 1.02. The normalized spacial score (nSPS) is 10.4. The average Bonchev–Trinajstić information content (AvgIpc) is 2.16. The van der Waals surface area contributed by atoms with Crippen molar-refractivity contribution in [3.8, 4) is 5.75 Å². The summed E-state index contributed by atoms with van der Waals surface area (Å²) in [5.41, 5.74) is -2.38. The predicted molar refractivity (Wildman–Crippen MR) is 45.2 cm³/mol. The molecule has 1 aromatic rings. The van der Waals surface area contributed by atoms with Crippen molar-refractivity contribution in [3.63, 3.8) is 0 Å². The highest BCUT2D eigenvalue weighted by atomic mass is 19.3. The molecule has 0 aliphatic heterocycles. The van der Waals surface area contributed by atoms with Gasteiger partial charge in [-0.1, -0.05) is 0 Å². The maximum absolute atomic E-state index is 12.4. The summed E-state index contributed by atoms with van der Waals surface area (Å²) in [6, 6.07) is 0. The van der Waals surface area contributed by atoms with Crippen molar-refractivity contribution >= 4 is 5.82 Å². The Bertz CT molecular complexity index is 443. The number of methoxy groups -OCH3 is 1. The first kappa shape index (κ1) is 11.1. The Morgan fingerprint density at radius 3 is 2.60 bits per heavy atom. The average molecular weight is 220 g/mol. The highest BCUT2D eigenvalue weighted by Gasteiger charge is 2.27. The molecule has 1 N–H and O–H groups in total. The van der Waals surface area contributed by atoms with Gasteiger partial charge in [0.1, 0.15) is 6.20 Å². The molecule has 1 aromatic heterocycles.